The molecular formula is C23H26N4O. The van der Waals surface area contributed by atoms with Crippen LogP contribution in [0.3, 0.4) is 0 Å². The molecule has 2 aromatic carbocycles. The molecule has 1 N–H and O–H groups in total. The van der Waals surface area contributed by atoms with E-state index in [1.54, 1.807) is 10.6 Å². The van der Waals surface area contributed by atoms with Crippen LogP contribution >= 0.6 is 0 Å². The van der Waals surface area contributed by atoms with Gasteiger partial charge in [0.1, 0.15) is 5.65 Å². The van der Waals surface area contributed by atoms with Crippen LogP contribution < -0.4 is 10.9 Å². The summed E-state index contributed by atoms with van der Waals surface area (Å²) in [5.41, 5.74) is 2.51. The molecule has 0 aliphatic rings. The van der Waals surface area contributed by atoms with Crippen molar-refractivity contribution in [3.8, 4) is 0 Å². The Hall–Kier alpha value is -2.76. The maximum absolute atomic E-state index is 13.1. The number of fused-ring (bicyclic) bond motifs is 3. The monoisotopic (exact) mass is 374 g/mol. The van der Waals surface area contributed by atoms with Crippen LogP contribution in [0, 0.1) is 0 Å². The van der Waals surface area contributed by atoms with Crippen LogP contribution in [0.5, 0.6) is 0 Å². The third kappa shape index (κ3) is 3.77. The number of nitrogens with zero attached hydrogens (tertiary/aromatic N) is 3. The Morgan fingerprint density at radius 3 is 2.61 bits per heavy atom. The van der Waals surface area contributed by atoms with Crippen molar-refractivity contribution >= 4 is 27.3 Å². The van der Waals surface area contributed by atoms with Gasteiger partial charge >= 0.3 is 0 Å². The topological polar surface area (TPSA) is 49.6 Å². The fourth-order valence-corrected chi connectivity index (χ4v) is 3.61. The second kappa shape index (κ2) is 8.09. The smallest absolute Gasteiger partial charge is 0.265 e. The normalized spacial score (nSPS) is 11.8. The molecule has 0 atom stereocenters. The van der Waals surface area contributed by atoms with Crippen molar-refractivity contribution in [2.75, 3.05) is 27.2 Å². The molecule has 0 unspecified atom stereocenters. The van der Waals surface area contributed by atoms with E-state index in [-0.39, 0.29) is 5.56 Å². The average molecular weight is 374 g/mol. The van der Waals surface area contributed by atoms with Crippen molar-refractivity contribution < 1.29 is 0 Å². The van der Waals surface area contributed by atoms with E-state index < -0.39 is 0 Å². The van der Waals surface area contributed by atoms with Gasteiger partial charge < -0.3 is 10.2 Å². The number of hydrogen-bond acceptors (Lipinski definition) is 4. The molecule has 2 heterocycles. The Bertz CT molecular complexity index is 1180. The lowest BCUT2D eigenvalue weighted by Crippen LogP contribution is -2.20. The third-order valence-corrected chi connectivity index (χ3v) is 5.11. The highest BCUT2D eigenvalue weighted by Crippen LogP contribution is 2.20. The molecule has 0 aliphatic heterocycles. The largest absolute Gasteiger partial charge is 0.313 e. The van der Waals surface area contributed by atoms with Crippen molar-refractivity contribution in [1.29, 1.82) is 0 Å². The van der Waals surface area contributed by atoms with Crippen molar-refractivity contribution in [3.63, 3.8) is 0 Å². The average Bonchev–Trinajstić information content (AvgIpc) is 2.70. The van der Waals surface area contributed by atoms with E-state index in [0.29, 0.717) is 11.9 Å². The van der Waals surface area contributed by atoms with Crippen molar-refractivity contribution in [2.24, 2.45) is 0 Å². The van der Waals surface area contributed by atoms with Gasteiger partial charge in [0.25, 0.3) is 5.56 Å². The predicted molar refractivity (Wildman–Crippen MR) is 116 cm³/mol. The first-order chi connectivity index (χ1) is 13.6. The summed E-state index contributed by atoms with van der Waals surface area (Å²) in [7, 11) is 4.20. The zero-order chi connectivity index (χ0) is 19.5. The number of nitrogens with one attached hydrogen (secondary N) is 1. The van der Waals surface area contributed by atoms with Gasteiger partial charge in [0, 0.05) is 18.3 Å². The third-order valence-electron chi connectivity index (χ3n) is 5.11. The van der Waals surface area contributed by atoms with Crippen LogP contribution in [-0.4, -0.2) is 41.5 Å². The Labute approximate surface area is 164 Å². The molecule has 5 heteroatoms. The van der Waals surface area contributed by atoms with Gasteiger partial charge in [0.2, 0.25) is 0 Å². The molecular weight excluding hydrogens is 348 g/mol. The SMILES string of the molecule is CN(C)CCCCNCc1cccn2c(=O)c3cc4ccccc4cc3nc12. The second-order valence-corrected chi connectivity index (χ2v) is 7.55. The first-order valence-electron chi connectivity index (χ1n) is 9.82. The lowest BCUT2D eigenvalue weighted by molar-refractivity contribution is 0.391. The predicted octanol–water partition coefficient (Wildman–Crippen LogP) is 3.43. The van der Waals surface area contributed by atoms with Gasteiger partial charge in [-0.25, -0.2) is 4.98 Å². The van der Waals surface area contributed by atoms with Crippen molar-refractivity contribution in [3.05, 3.63) is 70.6 Å². The van der Waals surface area contributed by atoms with Gasteiger partial charge in [-0.3, -0.25) is 9.20 Å². The molecule has 0 saturated heterocycles. The van der Waals surface area contributed by atoms with E-state index in [1.807, 2.05) is 42.5 Å². The van der Waals surface area contributed by atoms with E-state index in [1.165, 1.54) is 6.42 Å². The number of unbranched alkanes of at least 4 members (excludes halogenated alkanes) is 1. The standard InChI is InChI=1S/C23H26N4O/c1-26(2)12-6-5-11-24-16-19-10-7-13-27-22(19)25-21-15-18-9-4-3-8-17(18)14-20(21)23(27)28/h3-4,7-10,13-15,24H,5-6,11-12,16H2,1-2H3. The summed E-state index contributed by atoms with van der Waals surface area (Å²) >= 11 is 0. The van der Waals surface area contributed by atoms with Gasteiger partial charge in [-0.1, -0.05) is 30.3 Å². The highest BCUT2D eigenvalue weighted by Gasteiger charge is 2.10. The van der Waals surface area contributed by atoms with Crippen LogP contribution in [0.2, 0.25) is 0 Å². The minimum Gasteiger partial charge on any atom is -0.313 e. The number of rotatable bonds is 7. The molecule has 144 valence electrons. The minimum atomic E-state index is -0.0152. The number of aromatic nitrogens is 2. The van der Waals surface area contributed by atoms with Crippen LogP contribution in [-0.2, 0) is 6.54 Å². The molecule has 28 heavy (non-hydrogen) atoms. The first kappa shape index (κ1) is 18.6. The summed E-state index contributed by atoms with van der Waals surface area (Å²) < 4.78 is 1.67. The van der Waals surface area contributed by atoms with Gasteiger partial charge in [0.15, 0.2) is 0 Å². The summed E-state index contributed by atoms with van der Waals surface area (Å²) in [5, 5.41) is 6.31. The van der Waals surface area contributed by atoms with E-state index in [9.17, 15) is 4.79 Å². The number of hydrogen-bond donors (Lipinski definition) is 1. The molecule has 0 amide bonds. The van der Waals surface area contributed by atoms with Crippen LogP contribution in [0.4, 0.5) is 0 Å². The highest BCUT2D eigenvalue weighted by atomic mass is 16.1. The van der Waals surface area contributed by atoms with Gasteiger partial charge in [0.05, 0.1) is 10.9 Å². The summed E-state index contributed by atoms with van der Waals surface area (Å²) in [5.74, 6) is 0. The molecule has 0 bridgehead atoms. The molecule has 4 aromatic rings. The lowest BCUT2D eigenvalue weighted by Gasteiger charge is -2.11. The Morgan fingerprint density at radius 2 is 1.82 bits per heavy atom. The van der Waals surface area contributed by atoms with Crippen molar-refractivity contribution in [2.45, 2.75) is 19.4 Å². The maximum atomic E-state index is 13.1. The van der Waals surface area contributed by atoms with Gasteiger partial charge in [-0.2, -0.15) is 0 Å². The Balaban J connectivity index is 1.65. The molecule has 4 rings (SSSR count). The van der Waals surface area contributed by atoms with Crippen molar-refractivity contribution in [1.82, 2.24) is 19.6 Å². The number of pyridine rings is 1. The minimum absolute atomic E-state index is 0.0152. The summed E-state index contributed by atoms with van der Waals surface area (Å²) in [6.45, 7) is 2.77. The molecule has 5 nitrogen and oxygen atoms in total. The molecule has 2 aromatic heterocycles. The highest BCUT2D eigenvalue weighted by molar-refractivity contribution is 5.96. The zero-order valence-electron chi connectivity index (χ0n) is 16.5. The Morgan fingerprint density at radius 1 is 1.04 bits per heavy atom. The van der Waals surface area contributed by atoms with Crippen LogP contribution in [0.1, 0.15) is 18.4 Å². The lowest BCUT2D eigenvalue weighted by atomic mass is 10.1. The van der Waals surface area contributed by atoms with E-state index in [0.717, 1.165) is 47.0 Å². The zero-order valence-corrected chi connectivity index (χ0v) is 16.5. The van der Waals surface area contributed by atoms with E-state index in [4.69, 9.17) is 4.98 Å². The summed E-state index contributed by atoms with van der Waals surface area (Å²) in [6.07, 6.45) is 4.11. The fraction of sp³-hybridized carbons (Fsp3) is 0.304. The summed E-state index contributed by atoms with van der Waals surface area (Å²) in [4.78, 5) is 20.1. The molecule has 0 radical (unpaired) electrons. The fourth-order valence-electron chi connectivity index (χ4n) is 3.61. The van der Waals surface area contributed by atoms with Gasteiger partial charge in [-0.05, 0) is 69.0 Å². The summed E-state index contributed by atoms with van der Waals surface area (Å²) in [6, 6.07) is 16.0. The quantitative estimate of drug-likeness (QED) is 0.398. The van der Waals surface area contributed by atoms with E-state index in [2.05, 4.69) is 30.4 Å². The first-order valence-corrected chi connectivity index (χ1v) is 9.82. The molecule has 0 saturated carbocycles. The molecule has 0 spiro atoms. The number of benzene rings is 2. The van der Waals surface area contributed by atoms with Crippen LogP contribution in [0.25, 0.3) is 27.3 Å². The Kier molecular flexibility index (Phi) is 5.37. The van der Waals surface area contributed by atoms with Gasteiger partial charge in [-0.15, -0.1) is 0 Å². The van der Waals surface area contributed by atoms with Crippen LogP contribution in [0.15, 0.2) is 59.5 Å². The second-order valence-electron chi connectivity index (χ2n) is 7.55. The molecule has 0 fully saturated rings. The maximum Gasteiger partial charge on any atom is 0.265 e. The molecule has 0 aliphatic carbocycles. The van der Waals surface area contributed by atoms with E-state index >= 15 is 0 Å².